The van der Waals surface area contributed by atoms with Crippen LogP contribution >= 0.6 is 0 Å². The van der Waals surface area contributed by atoms with E-state index in [-0.39, 0.29) is 5.41 Å². The summed E-state index contributed by atoms with van der Waals surface area (Å²) in [6, 6.07) is 49.2. The Morgan fingerprint density at radius 2 is 1.28 bits per heavy atom. The Balaban J connectivity index is 1.19. The van der Waals surface area contributed by atoms with Crippen LogP contribution in [0.4, 0.5) is 0 Å². The largest absolute Gasteiger partial charge is 0.456 e. The maximum absolute atomic E-state index is 6.29. The normalized spacial score (nSPS) is 13.5. The lowest BCUT2D eigenvalue weighted by molar-refractivity contribution is 0.636. The first-order valence-electron chi connectivity index (χ1n) is 16.1. The van der Waals surface area contributed by atoms with E-state index in [1.807, 2.05) is 30.3 Å². The summed E-state index contributed by atoms with van der Waals surface area (Å²) < 4.78 is 8.65. The van der Waals surface area contributed by atoms with Crippen molar-refractivity contribution in [2.45, 2.75) is 19.3 Å². The lowest BCUT2D eigenvalue weighted by Crippen LogP contribution is -2.17. The second kappa shape index (κ2) is 9.51. The average Bonchev–Trinajstić information content (AvgIpc) is 3.72. The molecule has 0 radical (unpaired) electrons. The SMILES string of the molecule is CC1(C)c2ccccc2-c2c(-c3ccc(-n4c5ccccc5c5cc6oc7ccccc7c6cc54)cc3)nc(-c3ccccc3)nc21. The van der Waals surface area contributed by atoms with Crippen molar-refractivity contribution in [3.05, 3.63) is 151 Å². The number of hydrogen-bond acceptors (Lipinski definition) is 3. The first-order chi connectivity index (χ1) is 23.1. The van der Waals surface area contributed by atoms with Gasteiger partial charge in [-0.3, -0.25) is 0 Å². The number of fused-ring (bicyclic) bond motifs is 9. The number of para-hydroxylation sites is 2. The minimum Gasteiger partial charge on any atom is -0.456 e. The second-order valence-electron chi connectivity index (χ2n) is 13.0. The molecule has 0 saturated carbocycles. The molecule has 3 heterocycles. The molecule has 0 fully saturated rings. The topological polar surface area (TPSA) is 43.9 Å². The standard InChI is InChI=1S/C43H29N3O/c1-43(2)34-17-9-6-16-31(34)39-40(44-42(45-41(39)43)27-12-4-3-5-13-27)26-20-22-28(23-21-26)46-35-18-10-7-14-29(35)32-25-38-33(24-36(32)46)30-15-8-11-19-37(30)47-38/h3-25H,1-2H3. The first kappa shape index (κ1) is 26.2. The lowest BCUT2D eigenvalue weighted by atomic mass is 9.85. The van der Waals surface area contributed by atoms with E-state index in [0.717, 1.165) is 72.6 Å². The lowest BCUT2D eigenvalue weighted by Gasteiger charge is -2.21. The van der Waals surface area contributed by atoms with Crippen LogP contribution in [0.1, 0.15) is 25.1 Å². The quantitative estimate of drug-likeness (QED) is 0.202. The van der Waals surface area contributed by atoms with Crippen LogP contribution in [-0.4, -0.2) is 14.5 Å². The molecule has 0 saturated heterocycles. The minimum absolute atomic E-state index is 0.237. The van der Waals surface area contributed by atoms with E-state index in [4.69, 9.17) is 14.4 Å². The molecule has 6 aromatic carbocycles. The van der Waals surface area contributed by atoms with Crippen LogP contribution in [0.3, 0.4) is 0 Å². The first-order valence-corrected chi connectivity index (χ1v) is 16.1. The fourth-order valence-electron chi connectivity index (χ4n) is 7.70. The van der Waals surface area contributed by atoms with Crippen molar-refractivity contribution in [2.24, 2.45) is 0 Å². The van der Waals surface area contributed by atoms with Crippen LogP contribution in [-0.2, 0) is 5.41 Å². The Labute approximate surface area is 271 Å². The van der Waals surface area contributed by atoms with Gasteiger partial charge in [-0.15, -0.1) is 0 Å². The zero-order valence-electron chi connectivity index (χ0n) is 26.0. The molecule has 47 heavy (non-hydrogen) atoms. The molecule has 0 unspecified atom stereocenters. The van der Waals surface area contributed by atoms with Gasteiger partial charge in [-0.25, -0.2) is 9.97 Å². The number of benzene rings is 6. The zero-order valence-corrected chi connectivity index (χ0v) is 26.0. The van der Waals surface area contributed by atoms with Gasteiger partial charge < -0.3 is 8.98 Å². The highest BCUT2D eigenvalue weighted by Crippen LogP contribution is 2.51. The molecule has 0 bridgehead atoms. The molecule has 1 aliphatic rings. The molecule has 3 aromatic heterocycles. The van der Waals surface area contributed by atoms with Crippen molar-refractivity contribution in [3.63, 3.8) is 0 Å². The number of nitrogens with zero attached hydrogens (tertiary/aromatic N) is 3. The maximum atomic E-state index is 6.29. The summed E-state index contributed by atoms with van der Waals surface area (Å²) in [5, 5.41) is 4.64. The summed E-state index contributed by atoms with van der Waals surface area (Å²) in [6.45, 7) is 4.55. The Hall–Kier alpha value is -6.00. The summed E-state index contributed by atoms with van der Waals surface area (Å²) in [4.78, 5) is 10.5. The summed E-state index contributed by atoms with van der Waals surface area (Å²) >= 11 is 0. The average molecular weight is 604 g/mol. The predicted molar refractivity (Wildman–Crippen MR) is 192 cm³/mol. The monoisotopic (exact) mass is 603 g/mol. The van der Waals surface area contributed by atoms with Crippen LogP contribution < -0.4 is 0 Å². The van der Waals surface area contributed by atoms with E-state index in [0.29, 0.717) is 0 Å². The smallest absolute Gasteiger partial charge is 0.160 e. The molecule has 0 N–H and O–H groups in total. The van der Waals surface area contributed by atoms with Gasteiger partial charge in [-0.05, 0) is 47.5 Å². The van der Waals surface area contributed by atoms with Gasteiger partial charge >= 0.3 is 0 Å². The Morgan fingerprint density at radius 3 is 2.13 bits per heavy atom. The van der Waals surface area contributed by atoms with Crippen molar-refractivity contribution in [1.29, 1.82) is 0 Å². The highest BCUT2D eigenvalue weighted by atomic mass is 16.3. The second-order valence-corrected chi connectivity index (χ2v) is 13.0. The summed E-state index contributed by atoms with van der Waals surface area (Å²) in [6.07, 6.45) is 0. The third kappa shape index (κ3) is 3.70. The third-order valence-corrected chi connectivity index (χ3v) is 9.97. The molecule has 4 heteroatoms. The zero-order chi connectivity index (χ0) is 31.3. The number of rotatable bonds is 3. The molecule has 0 atom stereocenters. The van der Waals surface area contributed by atoms with E-state index >= 15 is 0 Å². The van der Waals surface area contributed by atoms with E-state index in [2.05, 4.69) is 128 Å². The van der Waals surface area contributed by atoms with Crippen LogP contribution in [0, 0.1) is 0 Å². The molecule has 0 aliphatic heterocycles. The maximum Gasteiger partial charge on any atom is 0.160 e. The van der Waals surface area contributed by atoms with Crippen molar-refractivity contribution >= 4 is 43.7 Å². The van der Waals surface area contributed by atoms with Gasteiger partial charge in [0.25, 0.3) is 0 Å². The van der Waals surface area contributed by atoms with Gasteiger partial charge in [0.15, 0.2) is 5.82 Å². The summed E-state index contributed by atoms with van der Waals surface area (Å²) in [5.74, 6) is 0.753. The van der Waals surface area contributed by atoms with Crippen molar-refractivity contribution in [1.82, 2.24) is 14.5 Å². The summed E-state index contributed by atoms with van der Waals surface area (Å²) in [5.41, 5.74) is 12.8. The van der Waals surface area contributed by atoms with E-state index < -0.39 is 0 Å². The molecule has 222 valence electrons. The van der Waals surface area contributed by atoms with E-state index in [1.165, 1.54) is 21.9 Å². The number of aromatic nitrogens is 3. The van der Waals surface area contributed by atoms with Crippen LogP contribution in [0.25, 0.3) is 83.2 Å². The molecule has 10 rings (SSSR count). The van der Waals surface area contributed by atoms with Crippen LogP contribution in [0.2, 0.25) is 0 Å². The van der Waals surface area contributed by atoms with Crippen LogP contribution in [0.15, 0.2) is 144 Å². The van der Waals surface area contributed by atoms with Gasteiger partial charge in [-0.1, -0.05) is 117 Å². The van der Waals surface area contributed by atoms with Gasteiger partial charge in [0.2, 0.25) is 0 Å². The fraction of sp³-hybridized carbons (Fsp3) is 0.0698. The Morgan fingerprint density at radius 1 is 0.553 bits per heavy atom. The van der Waals surface area contributed by atoms with E-state index in [1.54, 1.807) is 0 Å². The Kier molecular flexibility index (Phi) is 5.31. The molecule has 0 amide bonds. The fourth-order valence-corrected chi connectivity index (χ4v) is 7.70. The van der Waals surface area contributed by atoms with Crippen LogP contribution in [0.5, 0.6) is 0 Å². The highest BCUT2D eigenvalue weighted by molar-refractivity contribution is 6.17. The molecule has 9 aromatic rings. The molecular weight excluding hydrogens is 574 g/mol. The van der Waals surface area contributed by atoms with Crippen molar-refractivity contribution < 1.29 is 4.42 Å². The van der Waals surface area contributed by atoms with Gasteiger partial charge in [0, 0.05) is 49.3 Å². The molecular formula is C43H29N3O. The molecule has 4 nitrogen and oxygen atoms in total. The minimum atomic E-state index is -0.237. The molecule has 0 spiro atoms. The van der Waals surface area contributed by atoms with Crippen molar-refractivity contribution in [2.75, 3.05) is 0 Å². The number of hydrogen-bond donors (Lipinski definition) is 0. The predicted octanol–water partition coefficient (Wildman–Crippen LogP) is 11.1. The van der Waals surface area contributed by atoms with Gasteiger partial charge in [0.1, 0.15) is 11.2 Å². The molecule has 1 aliphatic carbocycles. The van der Waals surface area contributed by atoms with Gasteiger partial charge in [0.05, 0.1) is 22.4 Å². The summed E-state index contributed by atoms with van der Waals surface area (Å²) in [7, 11) is 0. The number of furan rings is 1. The van der Waals surface area contributed by atoms with Gasteiger partial charge in [-0.2, -0.15) is 0 Å². The third-order valence-electron chi connectivity index (χ3n) is 9.97. The Bertz CT molecular complexity index is 2700. The highest BCUT2D eigenvalue weighted by Gasteiger charge is 2.39. The van der Waals surface area contributed by atoms with E-state index in [9.17, 15) is 0 Å². The van der Waals surface area contributed by atoms with Crippen molar-refractivity contribution in [3.8, 4) is 39.5 Å².